The van der Waals surface area contributed by atoms with Crippen LogP contribution in [0.5, 0.6) is 0 Å². The molecule has 0 saturated carbocycles. The highest BCUT2D eigenvalue weighted by atomic mass is 16.1. The maximum absolute atomic E-state index is 12.1. The molecule has 2 nitrogen and oxygen atoms in total. The molecule has 0 aliphatic carbocycles. The molecule has 0 saturated heterocycles. The summed E-state index contributed by atoms with van der Waals surface area (Å²) >= 11 is 0. The first kappa shape index (κ1) is 13.8. The summed E-state index contributed by atoms with van der Waals surface area (Å²) in [5, 5.41) is 3.03. The van der Waals surface area contributed by atoms with E-state index < -0.39 is 0 Å². The molecule has 1 atom stereocenters. The number of nitrogens with one attached hydrogen (secondary N) is 1. The van der Waals surface area contributed by atoms with Gasteiger partial charge in [0.15, 0.2) is 0 Å². The van der Waals surface area contributed by atoms with Crippen molar-refractivity contribution < 1.29 is 4.79 Å². The summed E-state index contributed by atoms with van der Waals surface area (Å²) in [6.45, 7) is 6.26. The van der Waals surface area contributed by atoms with Gasteiger partial charge in [0.05, 0.1) is 0 Å². The summed E-state index contributed by atoms with van der Waals surface area (Å²) in [5.74, 6) is 0.310. The van der Waals surface area contributed by atoms with Crippen molar-refractivity contribution in [3.63, 3.8) is 0 Å². The lowest BCUT2D eigenvalue weighted by Crippen LogP contribution is -2.22. The second-order valence-corrected chi connectivity index (χ2v) is 4.55. The molecule has 94 valence electrons. The molecule has 1 amide bonds. The van der Waals surface area contributed by atoms with E-state index in [1.54, 1.807) is 0 Å². The van der Waals surface area contributed by atoms with E-state index in [1.165, 1.54) is 0 Å². The first-order chi connectivity index (χ1) is 8.19. The summed E-state index contributed by atoms with van der Waals surface area (Å²) in [6.07, 6.45) is 4.18. The zero-order valence-electron chi connectivity index (χ0n) is 11.1. The third kappa shape index (κ3) is 4.22. The molecule has 1 unspecified atom stereocenters. The fraction of sp³-hybridized carbons (Fsp3) is 0.533. The van der Waals surface area contributed by atoms with Gasteiger partial charge in [0.25, 0.3) is 0 Å². The predicted octanol–water partition coefficient (Wildman–Crippen LogP) is 4.15. The summed E-state index contributed by atoms with van der Waals surface area (Å²) in [6, 6.07) is 7.91. The molecule has 0 aliphatic heterocycles. The Morgan fingerprint density at radius 2 is 2.00 bits per heavy atom. The Labute approximate surface area is 104 Å². The van der Waals surface area contributed by atoms with E-state index in [2.05, 4.69) is 19.2 Å². The Kier molecular flexibility index (Phi) is 5.75. The monoisotopic (exact) mass is 233 g/mol. The number of carbonyl (C=O) groups is 1. The summed E-state index contributed by atoms with van der Waals surface area (Å²) in [7, 11) is 0. The number of amides is 1. The smallest absolute Gasteiger partial charge is 0.227 e. The number of para-hydroxylation sites is 1. The number of carbonyl (C=O) groups excluding carboxylic acids is 1. The van der Waals surface area contributed by atoms with Gasteiger partial charge in [-0.05, 0) is 31.4 Å². The Balaban J connectivity index is 2.61. The van der Waals surface area contributed by atoms with Crippen LogP contribution in [-0.2, 0) is 4.79 Å². The molecule has 2 heteroatoms. The highest BCUT2D eigenvalue weighted by Gasteiger charge is 2.16. The summed E-state index contributed by atoms with van der Waals surface area (Å²) in [4.78, 5) is 12.1. The van der Waals surface area contributed by atoms with E-state index in [4.69, 9.17) is 0 Å². The standard InChI is InChI=1S/C15H23NO/c1-4-6-10-13(5-2)15(17)16-14-11-8-7-9-12(14)3/h7-9,11,13H,4-6,10H2,1-3H3,(H,16,17). The van der Waals surface area contributed by atoms with Crippen LogP contribution in [-0.4, -0.2) is 5.91 Å². The molecule has 1 aromatic rings. The van der Waals surface area contributed by atoms with E-state index in [-0.39, 0.29) is 11.8 Å². The van der Waals surface area contributed by atoms with E-state index in [0.29, 0.717) is 0 Å². The van der Waals surface area contributed by atoms with Crippen molar-refractivity contribution in [2.75, 3.05) is 5.32 Å². The van der Waals surface area contributed by atoms with Crippen molar-refractivity contribution in [2.24, 2.45) is 5.92 Å². The number of hydrogen-bond acceptors (Lipinski definition) is 1. The van der Waals surface area contributed by atoms with Crippen LogP contribution in [0, 0.1) is 12.8 Å². The molecule has 0 aliphatic rings. The fourth-order valence-electron chi connectivity index (χ4n) is 1.92. The molecular weight excluding hydrogens is 210 g/mol. The van der Waals surface area contributed by atoms with Gasteiger partial charge >= 0.3 is 0 Å². The highest BCUT2D eigenvalue weighted by Crippen LogP contribution is 2.18. The minimum Gasteiger partial charge on any atom is -0.326 e. The van der Waals surface area contributed by atoms with Gasteiger partial charge in [-0.3, -0.25) is 4.79 Å². The number of unbranched alkanes of at least 4 members (excludes halogenated alkanes) is 1. The van der Waals surface area contributed by atoms with Gasteiger partial charge in [-0.25, -0.2) is 0 Å². The first-order valence-corrected chi connectivity index (χ1v) is 6.55. The molecule has 0 fully saturated rings. The zero-order valence-corrected chi connectivity index (χ0v) is 11.1. The number of benzene rings is 1. The van der Waals surface area contributed by atoms with Gasteiger partial charge in [-0.1, -0.05) is 44.9 Å². The van der Waals surface area contributed by atoms with Crippen LogP contribution in [0.4, 0.5) is 5.69 Å². The Morgan fingerprint density at radius 1 is 1.29 bits per heavy atom. The lowest BCUT2D eigenvalue weighted by molar-refractivity contribution is -0.120. The maximum Gasteiger partial charge on any atom is 0.227 e. The Morgan fingerprint density at radius 3 is 2.59 bits per heavy atom. The van der Waals surface area contributed by atoms with Gasteiger partial charge < -0.3 is 5.32 Å². The highest BCUT2D eigenvalue weighted by molar-refractivity contribution is 5.93. The quantitative estimate of drug-likeness (QED) is 0.785. The summed E-state index contributed by atoms with van der Waals surface area (Å²) in [5.41, 5.74) is 2.05. The Bertz CT molecular complexity index is 360. The van der Waals surface area contributed by atoms with Crippen molar-refractivity contribution in [3.8, 4) is 0 Å². The van der Waals surface area contributed by atoms with Crippen molar-refractivity contribution in [3.05, 3.63) is 29.8 Å². The minimum absolute atomic E-state index is 0.148. The number of rotatable bonds is 6. The molecule has 1 rings (SSSR count). The molecule has 0 radical (unpaired) electrons. The van der Waals surface area contributed by atoms with Crippen molar-refractivity contribution in [2.45, 2.75) is 46.5 Å². The molecule has 1 aromatic carbocycles. The molecule has 0 heterocycles. The molecule has 0 spiro atoms. The van der Waals surface area contributed by atoms with Crippen molar-refractivity contribution in [1.29, 1.82) is 0 Å². The molecule has 1 N–H and O–H groups in total. The van der Waals surface area contributed by atoms with E-state index in [1.807, 2.05) is 31.2 Å². The van der Waals surface area contributed by atoms with E-state index >= 15 is 0 Å². The van der Waals surface area contributed by atoms with Crippen LogP contribution < -0.4 is 5.32 Å². The molecular formula is C15H23NO. The normalized spacial score (nSPS) is 12.2. The molecule has 17 heavy (non-hydrogen) atoms. The van der Waals surface area contributed by atoms with Crippen LogP contribution in [0.3, 0.4) is 0 Å². The van der Waals surface area contributed by atoms with Crippen molar-refractivity contribution >= 4 is 11.6 Å². The maximum atomic E-state index is 12.1. The minimum atomic E-state index is 0.148. The average molecular weight is 233 g/mol. The molecule has 0 aromatic heterocycles. The van der Waals surface area contributed by atoms with Crippen molar-refractivity contribution in [1.82, 2.24) is 0 Å². The van der Waals surface area contributed by atoms with Gasteiger partial charge in [0.1, 0.15) is 0 Å². The average Bonchev–Trinajstić information content (AvgIpc) is 2.33. The molecule has 0 bridgehead atoms. The van der Waals surface area contributed by atoms with Gasteiger partial charge in [0.2, 0.25) is 5.91 Å². The largest absolute Gasteiger partial charge is 0.326 e. The topological polar surface area (TPSA) is 29.1 Å². The third-order valence-electron chi connectivity index (χ3n) is 3.17. The second kappa shape index (κ2) is 7.10. The SMILES string of the molecule is CCCCC(CC)C(=O)Nc1ccccc1C. The number of aryl methyl sites for hydroxylation is 1. The lowest BCUT2D eigenvalue weighted by Gasteiger charge is -2.15. The van der Waals surface area contributed by atoms with Crippen LogP contribution in [0.1, 0.15) is 45.1 Å². The van der Waals surface area contributed by atoms with Gasteiger partial charge in [-0.2, -0.15) is 0 Å². The number of anilines is 1. The first-order valence-electron chi connectivity index (χ1n) is 6.55. The number of hydrogen-bond donors (Lipinski definition) is 1. The summed E-state index contributed by atoms with van der Waals surface area (Å²) < 4.78 is 0. The van der Waals surface area contributed by atoms with Crippen LogP contribution in [0.15, 0.2) is 24.3 Å². The van der Waals surface area contributed by atoms with Crippen LogP contribution in [0.2, 0.25) is 0 Å². The zero-order chi connectivity index (χ0) is 12.7. The fourth-order valence-corrected chi connectivity index (χ4v) is 1.92. The van der Waals surface area contributed by atoms with E-state index in [0.717, 1.165) is 36.9 Å². The van der Waals surface area contributed by atoms with Gasteiger partial charge in [-0.15, -0.1) is 0 Å². The van der Waals surface area contributed by atoms with Crippen LogP contribution >= 0.6 is 0 Å². The van der Waals surface area contributed by atoms with Crippen LogP contribution in [0.25, 0.3) is 0 Å². The second-order valence-electron chi connectivity index (χ2n) is 4.55. The predicted molar refractivity (Wildman–Crippen MR) is 73.1 cm³/mol. The third-order valence-corrected chi connectivity index (χ3v) is 3.17. The van der Waals surface area contributed by atoms with E-state index in [9.17, 15) is 4.79 Å². The lowest BCUT2D eigenvalue weighted by atomic mass is 9.98. The van der Waals surface area contributed by atoms with Gasteiger partial charge in [0, 0.05) is 11.6 Å². The Hall–Kier alpha value is -1.31.